The van der Waals surface area contributed by atoms with Crippen molar-refractivity contribution in [3.63, 3.8) is 0 Å². The van der Waals surface area contributed by atoms with Gasteiger partial charge in [-0.3, -0.25) is 0 Å². The summed E-state index contributed by atoms with van der Waals surface area (Å²) in [4.78, 5) is 0. The van der Waals surface area contributed by atoms with E-state index in [1.165, 1.54) is 5.56 Å². The van der Waals surface area contributed by atoms with Crippen LogP contribution in [-0.2, 0) is 6.54 Å². The summed E-state index contributed by atoms with van der Waals surface area (Å²) < 4.78 is 1.09. The van der Waals surface area contributed by atoms with Crippen molar-refractivity contribution >= 4 is 15.9 Å². The Labute approximate surface area is 116 Å². The highest BCUT2D eigenvalue weighted by Gasteiger charge is 2.04. The van der Waals surface area contributed by atoms with Crippen LogP contribution in [0.4, 0.5) is 0 Å². The molecule has 0 aliphatic rings. The van der Waals surface area contributed by atoms with Crippen molar-refractivity contribution in [1.29, 1.82) is 0 Å². The summed E-state index contributed by atoms with van der Waals surface area (Å²) in [5, 5.41) is 12.8. The molecule has 2 aromatic carbocycles. The van der Waals surface area contributed by atoms with Crippen LogP contribution < -0.4 is 5.32 Å². The highest BCUT2D eigenvalue weighted by atomic mass is 79.9. The van der Waals surface area contributed by atoms with Crippen molar-refractivity contribution in [2.75, 3.05) is 0 Å². The van der Waals surface area contributed by atoms with Crippen molar-refractivity contribution in [1.82, 2.24) is 5.32 Å². The van der Waals surface area contributed by atoms with E-state index in [0.717, 1.165) is 16.6 Å². The number of benzene rings is 2. The van der Waals surface area contributed by atoms with Gasteiger partial charge in [-0.25, -0.2) is 0 Å². The van der Waals surface area contributed by atoms with Gasteiger partial charge in [-0.2, -0.15) is 0 Å². The van der Waals surface area contributed by atoms with Crippen LogP contribution in [0, 0.1) is 0 Å². The minimum absolute atomic E-state index is 0.278. The average Bonchev–Trinajstić information content (AvgIpc) is 2.37. The molecule has 2 N–H and O–H groups in total. The maximum absolute atomic E-state index is 9.39. The second kappa shape index (κ2) is 6.03. The van der Waals surface area contributed by atoms with Crippen LogP contribution in [0.25, 0.3) is 0 Å². The zero-order valence-electron chi connectivity index (χ0n) is 10.2. The molecule has 0 bridgehead atoms. The van der Waals surface area contributed by atoms with Gasteiger partial charge in [0.2, 0.25) is 0 Å². The Morgan fingerprint density at radius 2 is 1.89 bits per heavy atom. The average molecular weight is 306 g/mol. The number of aromatic hydroxyl groups is 1. The minimum Gasteiger partial charge on any atom is -0.508 e. The molecule has 0 radical (unpaired) electrons. The van der Waals surface area contributed by atoms with Crippen molar-refractivity contribution < 1.29 is 5.11 Å². The predicted molar refractivity (Wildman–Crippen MR) is 77.5 cm³/mol. The first-order valence-electron chi connectivity index (χ1n) is 5.92. The fourth-order valence-electron chi connectivity index (χ4n) is 1.81. The molecule has 0 saturated heterocycles. The van der Waals surface area contributed by atoms with Gasteiger partial charge in [-0.1, -0.05) is 40.2 Å². The third-order valence-corrected chi connectivity index (χ3v) is 3.42. The van der Waals surface area contributed by atoms with Gasteiger partial charge in [0.15, 0.2) is 0 Å². The van der Waals surface area contributed by atoms with Crippen LogP contribution in [0.1, 0.15) is 24.1 Å². The topological polar surface area (TPSA) is 32.3 Å². The van der Waals surface area contributed by atoms with Crippen molar-refractivity contribution in [3.05, 3.63) is 64.1 Å². The largest absolute Gasteiger partial charge is 0.508 e. The van der Waals surface area contributed by atoms with Crippen molar-refractivity contribution in [3.8, 4) is 5.75 Å². The molecule has 0 amide bonds. The highest BCUT2D eigenvalue weighted by molar-refractivity contribution is 9.10. The standard InChI is InChI=1S/C15H16BrNO/c1-11(13-5-7-14(16)8-6-13)17-10-12-3-2-4-15(18)9-12/h2-9,11,17-18H,10H2,1H3. The molecule has 94 valence electrons. The summed E-state index contributed by atoms with van der Waals surface area (Å²) in [6.45, 7) is 2.87. The lowest BCUT2D eigenvalue weighted by atomic mass is 10.1. The first-order chi connectivity index (χ1) is 8.65. The number of halogens is 1. The first kappa shape index (κ1) is 13.1. The molecule has 2 nitrogen and oxygen atoms in total. The maximum atomic E-state index is 9.39. The van der Waals surface area contributed by atoms with Gasteiger partial charge in [0.25, 0.3) is 0 Å². The summed E-state index contributed by atoms with van der Waals surface area (Å²) in [6.07, 6.45) is 0. The van der Waals surface area contributed by atoms with Gasteiger partial charge in [0.05, 0.1) is 0 Å². The van der Waals surface area contributed by atoms with Crippen LogP contribution in [0.2, 0.25) is 0 Å². The lowest BCUT2D eigenvalue weighted by Gasteiger charge is -2.14. The Bertz CT molecular complexity index is 510. The molecular formula is C15H16BrNO. The van der Waals surface area contributed by atoms with Gasteiger partial charge in [0.1, 0.15) is 5.75 Å². The fraction of sp³-hybridized carbons (Fsp3) is 0.200. The molecule has 1 unspecified atom stereocenters. The van der Waals surface area contributed by atoms with E-state index in [1.807, 2.05) is 24.3 Å². The molecule has 0 heterocycles. The first-order valence-corrected chi connectivity index (χ1v) is 6.71. The zero-order chi connectivity index (χ0) is 13.0. The normalized spacial score (nSPS) is 12.3. The monoisotopic (exact) mass is 305 g/mol. The van der Waals surface area contributed by atoms with E-state index in [2.05, 4.69) is 40.3 Å². The number of phenolic OH excluding ortho intramolecular Hbond substituents is 1. The number of nitrogens with one attached hydrogen (secondary N) is 1. The van der Waals surface area contributed by atoms with Gasteiger partial charge >= 0.3 is 0 Å². The molecule has 0 saturated carbocycles. The molecule has 0 aromatic heterocycles. The van der Waals surface area contributed by atoms with Crippen molar-refractivity contribution in [2.24, 2.45) is 0 Å². The number of phenols is 1. The van der Waals surface area contributed by atoms with Gasteiger partial charge in [-0.15, -0.1) is 0 Å². The van der Waals surface area contributed by atoms with Crippen LogP contribution in [0.5, 0.6) is 5.75 Å². The molecule has 18 heavy (non-hydrogen) atoms. The van der Waals surface area contributed by atoms with E-state index >= 15 is 0 Å². The Morgan fingerprint density at radius 3 is 2.56 bits per heavy atom. The third kappa shape index (κ3) is 3.59. The summed E-state index contributed by atoms with van der Waals surface area (Å²) >= 11 is 3.43. The van der Waals surface area contributed by atoms with E-state index in [1.54, 1.807) is 12.1 Å². The van der Waals surface area contributed by atoms with E-state index in [-0.39, 0.29) is 6.04 Å². The van der Waals surface area contributed by atoms with Gasteiger partial charge in [0, 0.05) is 17.1 Å². The molecule has 2 aromatic rings. The predicted octanol–water partition coefficient (Wildman–Crippen LogP) is 4.01. The highest BCUT2D eigenvalue weighted by Crippen LogP contribution is 2.17. The molecule has 0 fully saturated rings. The SMILES string of the molecule is CC(NCc1cccc(O)c1)c1ccc(Br)cc1. The fourth-order valence-corrected chi connectivity index (χ4v) is 2.07. The lowest BCUT2D eigenvalue weighted by molar-refractivity contribution is 0.473. The summed E-state index contributed by atoms with van der Waals surface area (Å²) in [5.41, 5.74) is 2.33. The summed E-state index contributed by atoms with van der Waals surface area (Å²) in [7, 11) is 0. The van der Waals surface area contributed by atoms with E-state index < -0.39 is 0 Å². The minimum atomic E-state index is 0.278. The van der Waals surface area contributed by atoms with Crippen LogP contribution in [0.15, 0.2) is 53.0 Å². The lowest BCUT2D eigenvalue weighted by Crippen LogP contribution is -2.17. The van der Waals surface area contributed by atoms with Gasteiger partial charge < -0.3 is 10.4 Å². The van der Waals surface area contributed by atoms with E-state index in [0.29, 0.717) is 5.75 Å². The summed E-state index contributed by atoms with van der Waals surface area (Å²) in [5.74, 6) is 0.311. The van der Waals surface area contributed by atoms with Crippen LogP contribution >= 0.6 is 15.9 Å². The Hall–Kier alpha value is -1.32. The van der Waals surface area contributed by atoms with Gasteiger partial charge in [-0.05, 0) is 42.3 Å². The maximum Gasteiger partial charge on any atom is 0.115 e. The molecule has 3 heteroatoms. The van der Waals surface area contributed by atoms with Crippen molar-refractivity contribution in [2.45, 2.75) is 19.5 Å². The van der Waals surface area contributed by atoms with Crippen LogP contribution in [0.3, 0.4) is 0 Å². The number of rotatable bonds is 4. The second-order valence-corrected chi connectivity index (χ2v) is 5.24. The Balaban J connectivity index is 1.96. The quantitative estimate of drug-likeness (QED) is 0.894. The molecule has 0 spiro atoms. The zero-order valence-corrected chi connectivity index (χ0v) is 11.8. The van der Waals surface area contributed by atoms with Crippen LogP contribution in [-0.4, -0.2) is 5.11 Å². The third-order valence-electron chi connectivity index (χ3n) is 2.89. The molecular weight excluding hydrogens is 290 g/mol. The Morgan fingerprint density at radius 1 is 1.17 bits per heavy atom. The second-order valence-electron chi connectivity index (χ2n) is 4.32. The summed E-state index contributed by atoms with van der Waals surface area (Å²) in [6, 6.07) is 15.9. The van der Waals surface area contributed by atoms with E-state index in [9.17, 15) is 5.11 Å². The molecule has 2 rings (SSSR count). The number of hydrogen-bond donors (Lipinski definition) is 2. The molecule has 0 aliphatic heterocycles. The van der Waals surface area contributed by atoms with E-state index in [4.69, 9.17) is 0 Å². The number of hydrogen-bond acceptors (Lipinski definition) is 2. The smallest absolute Gasteiger partial charge is 0.115 e. The Kier molecular flexibility index (Phi) is 4.39. The molecule has 0 aliphatic carbocycles. The molecule has 1 atom stereocenters.